The van der Waals surface area contributed by atoms with Crippen LogP contribution in [0.3, 0.4) is 0 Å². The number of aromatic amines is 1. The molecule has 1 N–H and O–H groups in total. The monoisotopic (exact) mass is 231 g/mol. The summed E-state index contributed by atoms with van der Waals surface area (Å²) >= 11 is 0. The summed E-state index contributed by atoms with van der Waals surface area (Å²) in [7, 11) is 1.67. The normalized spacial score (nSPS) is 10.2. The van der Waals surface area contributed by atoms with E-state index in [9.17, 15) is 4.79 Å². The highest BCUT2D eigenvalue weighted by molar-refractivity contribution is 6.02. The molecule has 0 aliphatic rings. The Balaban J connectivity index is 2.20. The molecular formula is C11H13N5O. The molecule has 0 radical (unpaired) electrons. The van der Waals surface area contributed by atoms with Gasteiger partial charge in [-0.15, -0.1) is 5.10 Å². The number of carbonyl (C=O) groups excluding carboxylic acids is 1. The van der Waals surface area contributed by atoms with Crippen LogP contribution in [0.2, 0.25) is 0 Å². The van der Waals surface area contributed by atoms with Crippen LogP contribution in [0, 0.1) is 0 Å². The molecular weight excluding hydrogens is 218 g/mol. The minimum atomic E-state index is -0.256. The number of rotatable bonds is 3. The van der Waals surface area contributed by atoms with Crippen molar-refractivity contribution in [2.24, 2.45) is 0 Å². The number of amides is 1. The van der Waals surface area contributed by atoms with Gasteiger partial charge < -0.3 is 4.90 Å². The number of hydrogen-bond acceptors (Lipinski definition) is 4. The molecule has 0 fully saturated rings. The van der Waals surface area contributed by atoms with Crippen molar-refractivity contribution in [3.8, 4) is 0 Å². The van der Waals surface area contributed by atoms with Gasteiger partial charge in [-0.2, -0.15) is 0 Å². The molecule has 88 valence electrons. The SMILES string of the molecule is CCc1nc(C(=O)N(C)c2cccnc2)n[nH]1. The Morgan fingerprint density at radius 1 is 1.53 bits per heavy atom. The van der Waals surface area contributed by atoms with Crippen LogP contribution >= 0.6 is 0 Å². The van der Waals surface area contributed by atoms with Crippen molar-refractivity contribution in [1.29, 1.82) is 0 Å². The van der Waals surface area contributed by atoms with E-state index in [4.69, 9.17) is 0 Å². The average molecular weight is 231 g/mol. The number of nitrogens with zero attached hydrogens (tertiary/aromatic N) is 4. The predicted molar refractivity (Wildman–Crippen MR) is 62.7 cm³/mol. The Kier molecular flexibility index (Phi) is 3.13. The van der Waals surface area contributed by atoms with E-state index in [-0.39, 0.29) is 11.7 Å². The molecule has 0 saturated carbocycles. The first-order chi connectivity index (χ1) is 8.22. The van der Waals surface area contributed by atoms with E-state index in [0.29, 0.717) is 11.5 Å². The lowest BCUT2D eigenvalue weighted by Crippen LogP contribution is -2.27. The van der Waals surface area contributed by atoms with Crippen molar-refractivity contribution in [2.45, 2.75) is 13.3 Å². The number of H-pyrrole nitrogens is 1. The summed E-state index contributed by atoms with van der Waals surface area (Å²) in [4.78, 5) is 21.6. The highest BCUT2D eigenvalue weighted by atomic mass is 16.2. The van der Waals surface area contributed by atoms with Gasteiger partial charge in [0.2, 0.25) is 5.82 Å². The highest BCUT2D eigenvalue weighted by Gasteiger charge is 2.17. The van der Waals surface area contributed by atoms with Gasteiger partial charge in [-0.05, 0) is 12.1 Å². The lowest BCUT2D eigenvalue weighted by Gasteiger charge is -2.14. The molecule has 6 nitrogen and oxygen atoms in total. The second-order valence-corrected chi connectivity index (χ2v) is 3.53. The molecule has 0 aromatic carbocycles. The van der Waals surface area contributed by atoms with Gasteiger partial charge in [0.05, 0.1) is 11.9 Å². The molecule has 17 heavy (non-hydrogen) atoms. The fraction of sp³-hybridized carbons (Fsp3) is 0.273. The zero-order valence-corrected chi connectivity index (χ0v) is 9.71. The Morgan fingerprint density at radius 3 is 2.94 bits per heavy atom. The fourth-order valence-corrected chi connectivity index (χ4v) is 1.37. The van der Waals surface area contributed by atoms with E-state index in [1.54, 1.807) is 31.6 Å². The van der Waals surface area contributed by atoms with Crippen LogP contribution in [0.25, 0.3) is 0 Å². The zero-order valence-electron chi connectivity index (χ0n) is 9.71. The topological polar surface area (TPSA) is 74.8 Å². The first-order valence-corrected chi connectivity index (χ1v) is 5.31. The fourth-order valence-electron chi connectivity index (χ4n) is 1.37. The predicted octanol–water partition coefficient (Wildman–Crippen LogP) is 1.04. The molecule has 2 aromatic rings. The largest absolute Gasteiger partial charge is 0.307 e. The van der Waals surface area contributed by atoms with Gasteiger partial charge in [-0.25, -0.2) is 4.98 Å². The molecule has 0 atom stereocenters. The minimum absolute atomic E-state index is 0.174. The maximum Gasteiger partial charge on any atom is 0.297 e. The van der Waals surface area contributed by atoms with Gasteiger partial charge in [0.1, 0.15) is 5.82 Å². The van der Waals surface area contributed by atoms with Crippen molar-refractivity contribution >= 4 is 11.6 Å². The maximum absolute atomic E-state index is 12.0. The van der Waals surface area contributed by atoms with Gasteiger partial charge >= 0.3 is 0 Å². The number of aryl methyl sites for hydroxylation is 1. The van der Waals surface area contributed by atoms with Crippen LogP contribution in [0.15, 0.2) is 24.5 Å². The van der Waals surface area contributed by atoms with Crippen LogP contribution in [-0.4, -0.2) is 33.1 Å². The number of carbonyl (C=O) groups is 1. The van der Waals surface area contributed by atoms with E-state index < -0.39 is 0 Å². The number of aromatic nitrogens is 4. The molecule has 2 rings (SSSR count). The minimum Gasteiger partial charge on any atom is -0.307 e. The van der Waals surface area contributed by atoms with E-state index in [0.717, 1.165) is 6.42 Å². The second kappa shape index (κ2) is 4.73. The molecule has 0 aliphatic heterocycles. The van der Waals surface area contributed by atoms with Crippen molar-refractivity contribution < 1.29 is 4.79 Å². The van der Waals surface area contributed by atoms with Crippen molar-refractivity contribution in [3.63, 3.8) is 0 Å². The Hall–Kier alpha value is -2.24. The Morgan fingerprint density at radius 2 is 2.35 bits per heavy atom. The van der Waals surface area contributed by atoms with Crippen molar-refractivity contribution in [1.82, 2.24) is 20.2 Å². The van der Waals surface area contributed by atoms with Crippen molar-refractivity contribution in [3.05, 3.63) is 36.2 Å². The summed E-state index contributed by atoms with van der Waals surface area (Å²) in [5.74, 6) is 0.620. The second-order valence-electron chi connectivity index (χ2n) is 3.53. The van der Waals surface area contributed by atoms with Gasteiger partial charge in [0.15, 0.2) is 0 Å². The summed E-state index contributed by atoms with van der Waals surface area (Å²) in [6.45, 7) is 1.94. The lowest BCUT2D eigenvalue weighted by atomic mass is 10.3. The van der Waals surface area contributed by atoms with Gasteiger partial charge in [-0.3, -0.25) is 14.9 Å². The third-order valence-corrected chi connectivity index (χ3v) is 2.40. The summed E-state index contributed by atoms with van der Waals surface area (Å²) in [6, 6.07) is 3.58. The van der Waals surface area contributed by atoms with Crippen LogP contribution in [0.1, 0.15) is 23.4 Å². The smallest absolute Gasteiger partial charge is 0.297 e. The third kappa shape index (κ3) is 2.30. The maximum atomic E-state index is 12.0. The molecule has 0 aliphatic carbocycles. The molecule has 2 aromatic heterocycles. The molecule has 1 amide bonds. The number of nitrogens with one attached hydrogen (secondary N) is 1. The first kappa shape index (κ1) is 11.3. The van der Waals surface area contributed by atoms with E-state index in [2.05, 4.69) is 20.2 Å². The van der Waals surface area contributed by atoms with Crippen LogP contribution in [0.5, 0.6) is 0 Å². The molecule has 0 unspecified atom stereocenters. The highest BCUT2D eigenvalue weighted by Crippen LogP contribution is 2.11. The third-order valence-electron chi connectivity index (χ3n) is 2.40. The number of anilines is 1. The van der Waals surface area contributed by atoms with E-state index in [1.807, 2.05) is 6.92 Å². The summed E-state index contributed by atoms with van der Waals surface area (Å²) < 4.78 is 0. The quantitative estimate of drug-likeness (QED) is 0.856. The van der Waals surface area contributed by atoms with Crippen LogP contribution < -0.4 is 4.90 Å². The van der Waals surface area contributed by atoms with Crippen molar-refractivity contribution in [2.75, 3.05) is 11.9 Å². The summed E-state index contributed by atoms with van der Waals surface area (Å²) in [5, 5.41) is 6.60. The van der Waals surface area contributed by atoms with Gasteiger partial charge in [0, 0.05) is 19.7 Å². The standard InChI is InChI=1S/C11H13N5O/c1-3-9-13-10(15-14-9)11(17)16(2)8-5-4-6-12-7-8/h4-7H,3H2,1-2H3,(H,13,14,15). The number of hydrogen-bond donors (Lipinski definition) is 1. The molecule has 0 spiro atoms. The lowest BCUT2D eigenvalue weighted by molar-refractivity contribution is 0.0983. The van der Waals surface area contributed by atoms with Crippen LogP contribution in [-0.2, 0) is 6.42 Å². The molecule has 6 heteroatoms. The molecule has 0 bridgehead atoms. The number of pyridine rings is 1. The van der Waals surface area contributed by atoms with E-state index >= 15 is 0 Å². The molecule has 0 saturated heterocycles. The summed E-state index contributed by atoms with van der Waals surface area (Å²) in [5.41, 5.74) is 0.709. The molecule has 2 heterocycles. The van der Waals surface area contributed by atoms with E-state index in [1.165, 1.54) is 4.90 Å². The summed E-state index contributed by atoms with van der Waals surface area (Å²) in [6.07, 6.45) is 3.99. The van der Waals surface area contributed by atoms with Crippen LogP contribution in [0.4, 0.5) is 5.69 Å². The average Bonchev–Trinajstić information content (AvgIpc) is 2.87. The van der Waals surface area contributed by atoms with Gasteiger partial charge in [0.25, 0.3) is 5.91 Å². The first-order valence-electron chi connectivity index (χ1n) is 5.31. The van der Waals surface area contributed by atoms with Gasteiger partial charge in [-0.1, -0.05) is 6.92 Å². The zero-order chi connectivity index (χ0) is 12.3. The Bertz CT molecular complexity index is 508. The Labute approximate surface area is 98.7 Å².